The van der Waals surface area contributed by atoms with Crippen LogP contribution >= 0.6 is 0 Å². The number of ether oxygens (including phenoxy) is 2. The minimum atomic E-state index is -0.184. The van der Waals surface area contributed by atoms with Gasteiger partial charge in [0.2, 0.25) is 11.8 Å². The van der Waals surface area contributed by atoms with Crippen molar-refractivity contribution in [2.24, 2.45) is 5.92 Å². The van der Waals surface area contributed by atoms with Gasteiger partial charge < -0.3 is 24.7 Å². The number of benzene rings is 2. The number of methoxy groups -OCH3 is 2. The Hall–Kier alpha value is -3.48. The van der Waals surface area contributed by atoms with E-state index in [1.54, 1.807) is 14.2 Å². The molecule has 1 aliphatic rings. The summed E-state index contributed by atoms with van der Waals surface area (Å²) in [6.07, 6.45) is 4.76. The zero-order valence-electron chi connectivity index (χ0n) is 19.2. The molecule has 0 unspecified atom stereocenters. The number of hydrogen-bond acceptors (Lipinski definition) is 4. The van der Waals surface area contributed by atoms with E-state index in [-0.39, 0.29) is 17.7 Å². The summed E-state index contributed by atoms with van der Waals surface area (Å²) in [6, 6.07) is 13.7. The smallest absolute Gasteiger partial charge is 0.225 e. The molecule has 1 fully saturated rings. The summed E-state index contributed by atoms with van der Waals surface area (Å²) in [5, 5.41) is 4.18. The molecule has 1 aliphatic heterocycles. The Kier molecular flexibility index (Phi) is 7.17. The second-order valence-corrected chi connectivity index (χ2v) is 8.45. The van der Waals surface area contributed by atoms with Crippen molar-refractivity contribution in [2.75, 3.05) is 27.3 Å². The Balaban J connectivity index is 1.29. The van der Waals surface area contributed by atoms with Gasteiger partial charge in [-0.05, 0) is 48.6 Å². The number of para-hydroxylation sites is 1. The standard InChI is InChI=1S/C26H31N3O4/c1-32-23-11-9-18(14-24(23)33-2)15-28-26(31)20-6-5-13-29(17-20)25(30)12-10-19-16-27-22-8-4-3-7-21(19)22/h3-4,7-9,11,14,16,20,27H,5-6,10,12-13,15,17H2,1-2H3,(H,28,31)/t20-/m0/s1. The number of amides is 2. The van der Waals surface area contributed by atoms with Crippen LogP contribution in [0, 0.1) is 5.92 Å². The van der Waals surface area contributed by atoms with Crippen molar-refractivity contribution >= 4 is 22.7 Å². The van der Waals surface area contributed by atoms with Crippen LogP contribution in [0.5, 0.6) is 11.5 Å². The first-order chi connectivity index (χ1) is 16.1. The largest absolute Gasteiger partial charge is 0.493 e. The summed E-state index contributed by atoms with van der Waals surface area (Å²) in [6.45, 7) is 1.60. The quantitative estimate of drug-likeness (QED) is 0.550. The number of aromatic nitrogens is 1. The second kappa shape index (κ2) is 10.4. The summed E-state index contributed by atoms with van der Waals surface area (Å²) >= 11 is 0. The maximum atomic E-state index is 12.9. The molecule has 2 heterocycles. The minimum absolute atomic E-state index is 0.0149. The van der Waals surface area contributed by atoms with E-state index in [4.69, 9.17) is 9.47 Å². The molecule has 7 heteroatoms. The molecule has 1 atom stereocenters. The molecule has 33 heavy (non-hydrogen) atoms. The van der Waals surface area contributed by atoms with Gasteiger partial charge in [0.1, 0.15) is 0 Å². The highest BCUT2D eigenvalue weighted by Gasteiger charge is 2.28. The number of rotatable bonds is 8. The van der Waals surface area contributed by atoms with Crippen LogP contribution in [0.15, 0.2) is 48.7 Å². The number of nitrogens with one attached hydrogen (secondary N) is 2. The maximum absolute atomic E-state index is 12.9. The number of aromatic amines is 1. The lowest BCUT2D eigenvalue weighted by molar-refractivity contribution is -0.135. The Morgan fingerprint density at radius 2 is 1.94 bits per heavy atom. The SMILES string of the molecule is COc1ccc(CNC(=O)[C@H]2CCCN(C(=O)CCc3c[nH]c4ccccc34)C2)cc1OC. The van der Waals surface area contributed by atoms with E-state index in [2.05, 4.69) is 16.4 Å². The van der Waals surface area contributed by atoms with E-state index >= 15 is 0 Å². The predicted molar refractivity (Wildman–Crippen MR) is 127 cm³/mol. The highest BCUT2D eigenvalue weighted by molar-refractivity contribution is 5.84. The van der Waals surface area contributed by atoms with Crippen LogP contribution in [-0.2, 0) is 22.6 Å². The summed E-state index contributed by atoms with van der Waals surface area (Å²) in [4.78, 5) is 30.8. The fourth-order valence-corrected chi connectivity index (χ4v) is 4.48. The minimum Gasteiger partial charge on any atom is -0.493 e. The van der Waals surface area contributed by atoms with E-state index in [0.29, 0.717) is 44.0 Å². The monoisotopic (exact) mass is 449 g/mol. The van der Waals surface area contributed by atoms with E-state index in [1.807, 2.05) is 47.5 Å². The lowest BCUT2D eigenvalue weighted by atomic mass is 9.96. The number of likely N-dealkylation sites (tertiary alicyclic amines) is 1. The Bertz CT molecular complexity index is 1120. The number of aryl methyl sites for hydroxylation is 1. The van der Waals surface area contributed by atoms with Gasteiger partial charge in [-0.2, -0.15) is 0 Å². The molecule has 0 bridgehead atoms. The molecule has 0 spiro atoms. The second-order valence-electron chi connectivity index (χ2n) is 8.45. The molecule has 1 saturated heterocycles. The molecular weight excluding hydrogens is 418 g/mol. The Morgan fingerprint density at radius 3 is 2.76 bits per heavy atom. The lowest BCUT2D eigenvalue weighted by Crippen LogP contribution is -2.45. The molecule has 2 aromatic carbocycles. The number of carbonyl (C=O) groups is 2. The molecule has 0 aliphatic carbocycles. The van der Waals surface area contributed by atoms with Crippen LogP contribution in [0.3, 0.4) is 0 Å². The average molecular weight is 450 g/mol. The van der Waals surface area contributed by atoms with Crippen molar-refractivity contribution in [1.29, 1.82) is 0 Å². The third-order valence-electron chi connectivity index (χ3n) is 6.34. The van der Waals surface area contributed by atoms with Gasteiger partial charge in [0, 0.05) is 43.2 Å². The van der Waals surface area contributed by atoms with Gasteiger partial charge in [0.25, 0.3) is 0 Å². The van der Waals surface area contributed by atoms with Crippen molar-refractivity contribution < 1.29 is 19.1 Å². The molecule has 4 rings (SSSR count). The van der Waals surface area contributed by atoms with Crippen LogP contribution in [0.25, 0.3) is 10.9 Å². The topological polar surface area (TPSA) is 83.7 Å². The Morgan fingerprint density at radius 1 is 1.12 bits per heavy atom. The fourth-order valence-electron chi connectivity index (χ4n) is 4.48. The zero-order valence-corrected chi connectivity index (χ0v) is 19.2. The van der Waals surface area contributed by atoms with E-state index in [0.717, 1.165) is 34.9 Å². The van der Waals surface area contributed by atoms with E-state index in [9.17, 15) is 9.59 Å². The van der Waals surface area contributed by atoms with Gasteiger partial charge in [-0.15, -0.1) is 0 Å². The first-order valence-corrected chi connectivity index (χ1v) is 11.4. The summed E-state index contributed by atoms with van der Waals surface area (Å²) in [5.74, 6) is 1.20. The molecule has 2 N–H and O–H groups in total. The molecule has 0 radical (unpaired) electrons. The number of carbonyl (C=O) groups excluding carboxylic acids is 2. The van der Waals surface area contributed by atoms with Gasteiger partial charge in [-0.25, -0.2) is 0 Å². The maximum Gasteiger partial charge on any atom is 0.225 e. The van der Waals surface area contributed by atoms with Gasteiger partial charge in [-0.1, -0.05) is 24.3 Å². The number of piperidine rings is 1. The number of H-pyrrole nitrogens is 1. The highest BCUT2D eigenvalue weighted by atomic mass is 16.5. The van der Waals surface area contributed by atoms with Gasteiger partial charge in [0.05, 0.1) is 20.1 Å². The number of hydrogen-bond donors (Lipinski definition) is 2. The van der Waals surface area contributed by atoms with Crippen LogP contribution < -0.4 is 14.8 Å². The first-order valence-electron chi connectivity index (χ1n) is 11.4. The van der Waals surface area contributed by atoms with Crippen molar-refractivity contribution in [3.05, 3.63) is 59.8 Å². The summed E-state index contributed by atoms with van der Waals surface area (Å²) in [5.41, 5.74) is 3.17. The first kappa shape index (κ1) is 22.7. The van der Waals surface area contributed by atoms with Crippen molar-refractivity contribution in [3.8, 4) is 11.5 Å². The highest BCUT2D eigenvalue weighted by Crippen LogP contribution is 2.27. The summed E-state index contributed by atoms with van der Waals surface area (Å²) < 4.78 is 10.6. The lowest BCUT2D eigenvalue weighted by Gasteiger charge is -2.32. The van der Waals surface area contributed by atoms with Crippen LogP contribution in [0.2, 0.25) is 0 Å². The van der Waals surface area contributed by atoms with Crippen molar-refractivity contribution in [1.82, 2.24) is 15.2 Å². The van der Waals surface area contributed by atoms with E-state index in [1.165, 1.54) is 0 Å². The summed E-state index contributed by atoms with van der Waals surface area (Å²) in [7, 11) is 3.18. The number of nitrogens with zero attached hydrogens (tertiary/aromatic N) is 1. The van der Waals surface area contributed by atoms with Gasteiger partial charge in [-0.3, -0.25) is 9.59 Å². The van der Waals surface area contributed by atoms with Crippen LogP contribution in [-0.4, -0.2) is 49.0 Å². The third-order valence-corrected chi connectivity index (χ3v) is 6.34. The van der Waals surface area contributed by atoms with Crippen LogP contribution in [0.4, 0.5) is 0 Å². The zero-order chi connectivity index (χ0) is 23.2. The normalized spacial score (nSPS) is 15.9. The van der Waals surface area contributed by atoms with Crippen molar-refractivity contribution in [3.63, 3.8) is 0 Å². The molecule has 1 aromatic heterocycles. The molecule has 2 amide bonds. The molecule has 0 saturated carbocycles. The molecule has 174 valence electrons. The molecular formula is C26H31N3O4. The average Bonchev–Trinajstić information content (AvgIpc) is 3.28. The molecule has 7 nitrogen and oxygen atoms in total. The van der Waals surface area contributed by atoms with Gasteiger partial charge >= 0.3 is 0 Å². The third kappa shape index (κ3) is 5.30. The van der Waals surface area contributed by atoms with E-state index < -0.39 is 0 Å². The van der Waals surface area contributed by atoms with Gasteiger partial charge in [0.15, 0.2) is 11.5 Å². The van der Waals surface area contributed by atoms with Crippen molar-refractivity contribution in [2.45, 2.75) is 32.2 Å². The predicted octanol–water partition coefficient (Wildman–Crippen LogP) is 3.67. The number of fused-ring (bicyclic) bond motifs is 1. The van der Waals surface area contributed by atoms with Crippen LogP contribution in [0.1, 0.15) is 30.4 Å². The molecule has 3 aromatic rings. The fraction of sp³-hybridized carbons (Fsp3) is 0.385. The Labute approximate surface area is 194 Å².